The summed E-state index contributed by atoms with van der Waals surface area (Å²) in [7, 11) is 1.70. The maximum absolute atomic E-state index is 13.1. The van der Waals surface area contributed by atoms with Gasteiger partial charge in [0, 0.05) is 13.2 Å². The molecule has 0 saturated carbocycles. The summed E-state index contributed by atoms with van der Waals surface area (Å²) in [4.78, 5) is 0. The van der Waals surface area contributed by atoms with E-state index in [1.807, 2.05) is 19.9 Å². The van der Waals surface area contributed by atoms with Gasteiger partial charge in [0.2, 0.25) is 0 Å². The zero-order valence-electron chi connectivity index (χ0n) is 11.1. The first kappa shape index (κ1) is 14.1. The van der Waals surface area contributed by atoms with Crippen LogP contribution in [0.2, 0.25) is 0 Å². The first-order valence-corrected chi connectivity index (χ1v) is 6.02. The Labute approximate surface area is 103 Å². The Morgan fingerprint density at radius 2 is 2.12 bits per heavy atom. The van der Waals surface area contributed by atoms with E-state index in [-0.39, 0.29) is 17.5 Å². The summed E-state index contributed by atoms with van der Waals surface area (Å²) >= 11 is 0. The molecule has 1 rings (SSSR count). The van der Waals surface area contributed by atoms with E-state index in [0.717, 1.165) is 18.5 Å². The molecule has 1 N–H and O–H groups in total. The molecule has 2 nitrogen and oxygen atoms in total. The van der Waals surface area contributed by atoms with Gasteiger partial charge >= 0.3 is 0 Å². The topological polar surface area (TPSA) is 21.3 Å². The minimum Gasteiger partial charge on any atom is -0.377 e. The lowest BCUT2D eigenvalue weighted by Gasteiger charge is -2.34. The second-order valence-corrected chi connectivity index (χ2v) is 4.75. The van der Waals surface area contributed by atoms with E-state index in [0.29, 0.717) is 0 Å². The third-order valence-corrected chi connectivity index (χ3v) is 3.14. The fourth-order valence-corrected chi connectivity index (χ4v) is 1.85. The normalized spacial score (nSPS) is 13.7. The average Bonchev–Trinajstić information content (AvgIpc) is 2.28. The fourth-order valence-electron chi connectivity index (χ4n) is 1.85. The van der Waals surface area contributed by atoms with Gasteiger partial charge in [-0.1, -0.05) is 19.1 Å². The molecule has 0 bridgehead atoms. The Hall–Kier alpha value is -0.930. The maximum atomic E-state index is 13.1. The predicted octanol–water partition coefficient (Wildman–Crippen LogP) is 2.77. The maximum Gasteiger partial charge on any atom is 0.123 e. The smallest absolute Gasteiger partial charge is 0.123 e. The number of likely N-dealkylation sites (N-methyl/N-ethyl adjacent to an activating group) is 1. The van der Waals surface area contributed by atoms with Crippen molar-refractivity contribution in [2.75, 3.05) is 13.7 Å². The standard InChI is InChI=1S/C14H22FNO/c1-5-16-13(14(2,3)17-4)10-11-7-6-8-12(15)9-11/h6-9,13,16H,5,10H2,1-4H3. The highest BCUT2D eigenvalue weighted by Crippen LogP contribution is 2.18. The molecule has 17 heavy (non-hydrogen) atoms. The van der Waals surface area contributed by atoms with Crippen LogP contribution in [0.1, 0.15) is 26.3 Å². The second kappa shape index (κ2) is 6.12. The molecule has 0 saturated heterocycles. The number of nitrogens with one attached hydrogen (secondary N) is 1. The van der Waals surface area contributed by atoms with Crippen molar-refractivity contribution in [3.05, 3.63) is 35.6 Å². The molecule has 0 fully saturated rings. The van der Waals surface area contributed by atoms with Gasteiger partial charge in [-0.2, -0.15) is 0 Å². The lowest BCUT2D eigenvalue weighted by atomic mass is 9.92. The van der Waals surface area contributed by atoms with Crippen LogP contribution in [-0.2, 0) is 11.2 Å². The highest BCUT2D eigenvalue weighted by Gasteiger charge is 2.28. The van der Waals surface area contributed by atoms with Gasteiger partial charge in [0.1, 0.15) is 5.82 Å². The zero-order valence-corrected chi connectivity index (χ0v) is 11.1. The van der Waals surface area contributed by atoms with Gasteiger partial charge in [-0.05, 0) is 44.5 Å². The van der Waals surface area contributed by atoms with Crippen molar-refractivity contribution in [1.29, 1.82) is 0 Å². The van der Waals surface area contributed by atoms with Gasteiger partial charge in [-0.25, -0.2) is 4.39 Å². The molecule has 0 heterocycles. The third kappa shape index (κ3) is 4.10. The van der Waals surface area contributed by atoms with E-state index in [9.17, 15) is 4.39 Å². The van der Waals surface area contributed by atoms with Crippen molar-refractivity contribution in [3.8, 4) is 0 Å². The number of rotatable bonds is 6. The van der Waals surface area contributed by atoms with E-state index >= 15 is 0 Å². The summed E-state index contributed by atoms with van der Waals surface area (Å²) in [5.74, 6) is -0.187. The van der Waals surface area contributed by atoms with Crippen LogP contribution in [0.5, 0.6) is 0 Å². The van der Waals surface area contributed by atoms with Crippen LogP contribution >= 0.6 is 0 Å². The Balaban J connectivity index is 2.80. The molecule has 1 aromatic rings. The zero-order chi connectivity index (χ0) is 12.9. The van der Waals surface area contributed by atoms with E-state index in [4.69, 9.17) is 4.74 Å². The van der Waals surface area contributed by atoms with Gasteiger partial charge in [-0.3, -0.25) is 0 Å². The molecule has 1 atom stereocenters. The van der Waals surface area contributed by atoms with Crippen LogP contribution in [0.25, 0.3) is 0 Å². The quantitative estimate of drug-likeness (QED) is 0.824. The van der Waals surface area contributed by atoms with Crippen molar-refractivity contribution >= 4 is 0 Å². The van der Waals surface area contributed by atoms with Crippen LogP contribution in [0.4, 0.5) is 4.39 Å². The molecule has 0 aliphatic carbocycles. The highest BCUT2D eigenvalue weighted by molar-refractivity contribution is 5.18. The van der Waals surface area contributed by atoms with Crippen molar-refractivity contribution < 1.29 is 9.13 Å². The molecule has 96 valence electrons. The molecule has 0 aliphatic heterocycles. The van der Waals surface area contributed by atoms with E-state index in [2.05, 4.69) is 12.2 Å². The van der Waals surface area contributed by atoms with Crippen LogP contribution in [0.3, 0.4) is 0 Å². The van der Waals surface area contributed by atoms with E-state index in [1.54, 1.807) is 19.2 Å². The summed E-state index contributed by atoms with van der Waals surface area (Å²) in [5.41, 5.74) is 0.712. The minimum atomic E-state index is -0.275. The van der Waals surface area contributed by atoms with Crippen LogP contribution in [0.15, 0.2) is 24.3 Å². The van der Waals surface area contributed by atoms with Gasteiger partial charge in [0.25, 0.3) is 0 Å². The molecule has 0 aromatic heterocycles. The van der Waals surface area contributed by atoms with E-state index in [1.165, 1.54) is 6.07 Å². The number of methoxy groups -OCH3 is 1. The molecule has 1 aromatic carbocycles. The summed E-state index contributed by atoms with van der Waals surface area (Å²) < 4.78 is 18.6. The lowest BCUT2D eigenvalue weighted by Crippen LogP contribution is -2.49. The summed E-state index contributed by atoms with van der Waals surface area (Å²) in [6, 6.07) is 6.90. The molecular formula is C14H22FNO. The Morgan fingerprint density at radius 1 is 1.41 bits per heavy atom. The molecule has 1 unspecified atom stereocenters. The average molecular weight is 239 g/mol. The largest absolute Gasteiger partial charge is 0.377 e. The van der Waals surface area contributed by atoms with Crippen molar-refractivity contribution in [2.45, 2.75) is 38.8 Å². The molecular weight excluding hydrogens is 217 g/mol. The number of hydrogen-bond donors (Lipinski definition) is 1. The summed E-state index contributed by atoms with van der Waals surface area (Å²) in [6.45, 7) is 7.01. The van der Waals surface area contributed by atoms with Crippen LogP contribution < -0.4 is 5.32 Å². The Kier molecular flexibility index (Phi) is 5.09. The molecule has 0 spiro atoms. The lowest BCUT2D eigenvalue weighted by molar-refractivity contribution is -0.00961. The Morgan fingerprint density at radius 3 is 2.65 bits per heavy atom. The minimum absolute atomic E-state index is 0.166. The number of halogens is 1. The molecule has 0 amide bonds. The van der Waals surface area contributed by atoms with Crippen molar-refractivity contribution in [2.24, 2.45) is 0 Å². The van der Waals surface area contributed by atoms with Crippen molar-refractivity contribution in [3.63, 3.8) is 0 Å². The van der Waals surface area contributed by atoms with Gasteiger partial charge in [-0.15, -0.1) is 0 Å². The van der Waals surface area contributed by atoms with Crippen molar-refractivity contribution in [1.82, 2.24) is 5.32 Å². The fraction of sp³-hybridized carbons (Fsp3) is 0.571. The molecule has 0 radical (unpaired) electrons. The summed E-state index contributed by atoms with van der Waals surface area (Å²) in [6.07, 6.45) is 0.756. The summed E-state index contributed by atoms with van der Waals surface area (Å²) in [5, 5.41) is 3.39. The molecule has 3 heteroatoms. The van der Waals surface area contributed by atoms with Gasteiger partial charge < -0.3 is 10.1 Å². The third-order valence-electron chi connectivity index (χ3n) is 3.14. The van der Waals surface area contributed by atoms with Gasteiger partial charge in [0.05, 0.1) is 5.60 Å². The molecule has 0 aliphatic rings. The second-order valence-electron chi connectivity index (χ2n) is 4.75. The highest BCUT2D eigenvalue weighted by atomic mass is 19.1. The van der Waals surface area contributed by atoms with Gasteiger partial charge in [0.15, 0.2) is 0 Å². The van der Waals surface area contributed by atoms with E-state index < -0.39 is 0 Å². The predicted molar refractivity (Wildman–Crippen MR) is 68.7 cm³/mol. The van der Waals surface area contributed by atoms with Crippen LogP contribution in [0, 0.1) is 5.82 Å². The first-order chi connectivity index (χ1) is 7.99. The number of benzene rings is 1. The monoisotopic (exact) mass is 239 g/mol. The number of hydrogen-bond acceptors (Lipinski definition) is 2. The SMILES string of the molecule is CCNC(Cc1cccc(F)c1)C(C)(C)OC. The number of ether oxygens (including phenoxy) is 1. The van der Waals surface area contributed by atoms with Crippen LogP contribution in [-0.4, -0.2) is 25.3 Å². The first-order valence-electron chi connectivity index (χ1n) is 6.02. The Bertz CT molecular complexity index is 352.